The summed E-state index contributed by atoms with van der Waals surface area (Å²) in [6.07, 6.45) is 12.1. The summed E-state index contributed by atoms with van der Waals surface area (Å²) in [6.45, 7) is 3.78. The van der Waals surface area contributed by atoms with Crippen molar-refractivity contribution in [2.75, 3.05) is 0 Å². The first-order valence-electron chi connectivity index (χ1n) is 8.39. The molecule has 0 fully saturated rings. The number of hydrogen-bond donors (Lipinski definition) is 0. The van der Waals surface area contributed by atoms with E-state index < -0.39 is 0 Å². The van der Waals surface area contributed by atoms with E-state index in [0.29, 0.717) is 0 Å². The molecule has 0 saturated heterocycles. The van der Waals surface area contributed by atoms with Gasteiger partial charge in [-0.3, -0.25) is 0 Å². The maximum Gasteiger partial charge on any atom is 0.334 e. The molecule has 0 radical (unpaired) electrons. The minimum atomic E-state index is -0.140. The summed E-state index contributed by atoms with van der Waals surface area (Å²) in [5.41, 5.74) is 1.68. The third-order valence-electron chi connectivity index (χ3n) is 4.12. The number of carbonyl (C=O) groups is 2. The van der Waals surface area contributed by atoms with Gasteiger partial charge in [-0.15, -0.1) is 0 Å². The van der Waals surface area contributed by atoms with Crippen LogP contribution >= 0.6 is 0 Å². The van der Waals surface area contributed by atoms with Gasteiger partial charge in [0.1, 0.15) is 12.2 Å². The average Bonchev–Trinajstić information content (AvgIpc) is 2.94. The molecule has 0 bridgehead atoms. The Hall–Kier alpha value is -1.58. The quantitative estimate of drug-likeness (QED) is 0.479. The Balaban J connectivity index is 1.47. The highest BCUT2D eigenvalue weighted by Gasteiger charge is 2.22. The molecule has 0 aromatic heterocycles. The lowest BCUT2D eigenvalue weighted by atomic mass is 10.0. The number of carbonyl (C=O) groups excluding carboxylic acids is 2. The zero-order chi connectivity index (χ0) is 15.9. The Labute approximate surface area is 132 Å². The molecule has 2 aliphatic heterocycles. The van der Waals surface area contributed by atoms with Crippen molar-refractivity contribution in [2.24, 2.45) is 0 Å². The van der Waals surface area contributed by atoms with Gasteiger partial charge in [0.05, 0.1) is 0 Å². The van der Waals surface area contributed by atoms with Gasteiger partial charge in [0.25, 0.3) is 0 Å². The topological polar surface area (TPSA) is 52.6 Å². The van der Waals surface area contributed by atoms with Crippen LogP contribution in [0.3, 0.4) is 0 Å². The zero-order valence-electron chi connectivity index (χ0n) is 13.6. The molecule has 2 aliphatic rings. The number of unbranched alkanes of at least 4 members (excludes halogenated alkanes) is 5. The smallest absolute Gasteiger partial charge is 0.334 e. The van der Waals surface area contributed by atoms with Crippen LogP contribution in [0, 0.1) is 0 Å². The highest BCUT2D eigenvalue weighted by molar-refractivity contribution is 5.91. The number of esters is 2. The number of rotatable bonds is 9. The van der Waals surface area contributed by atoms with Crippen LogP contribution in [0.1, 0.15) is 65.2 Å². The minimum absolute atomic E-state index is 0.0539. The van der Waals surface area contributed by atoms with E-state index >= 15 is 0 Å². The molecule has 2 rings (SSSR count). The molecule has 0 aromatic carbocycles. The molecular formula is C18H26O4. The lowest BCUT2D eigenvalue weighted by molar-refractivity contribution is -0.140. The van der Waals surface area contributed by atoms with Crippen molar-refractivity contribution in [3.63, 3.8) is 0 Å². The van der Waals surface area contributed by atoms with Crippen LogP contribution in [0.25, 0.3) is 0 Å². The van der Waals surface area contributed by atoms with Crippen molar-refractivity contribution in [1.82, 2.24) is 0 Å². The van der Waals surface area contributed by atoms with Crippen LogP contribution in [0.15, 0.2) is 23.3 Å². The van der Waals surface area contributed by atoms with Crippen molar-refractivity contribution in [2.45, 2.75) is 77.4 Å². The fourth-order valence-corrected chi connectivity index (χ4v) is 2.97. The lowest BCUT2D eigenvalue weighted by Crippen LogP contribution is -2.03. The second-order valence-corrected chi connectivity index (χ2v) is 6.23. The first-order chi connectivity index (χ1) is 10.6. The van der Waals surface area contributed by atoms with Crippen LogP contribution in [0.4, 0.5) is 0 Å². The molecule has 0 amide bonds. The van der Waals surface area contributed by atoms with Crippen molar-refractivity contribution in [3.05, 3.63) is 23.3 Å². The molecule has 0 N–H and O–H groups in total. The van der Waals surface area contributed by atoms with Gasteiger partial charge in [-0.05, 0) is 51.7 Å². The molecule has 2 atom stereocenters. The fourth-order valence-electron chi connectivity index (χ4n) is 2.97. The van der Waals surface area contributed by atoms with Gasteiger partial charge in [0, 0.05) is 11.1 Å². The van der Waals surface area contributed by atoms with Crippen LogP contribution in [0.2, 0.25) is 0 Å². The van der Waals surface area contributed by atoms with Gasteiger partial charge in [-0.2, -0.15) is 0 Å². The summed E-state index contributed by atoms with van der Waals surface area (Å²) in [7, 11) is 0. The second kappa shape index (κ2) is 8.16. The molecule has 22 heavy (non-hydrogen) atoms. The molecule has 0 aliphatic carbocycles. The number of hydrogen-bond acceptors (Lipinski definition) is 4. The maximum absolute atomic E-state index is 11.4. The van der Waals surface area contributed by atoms with E-state index in [9.17, 15) is 9.59 Å². The molecule has 4 heteroatoms. The van der Waals surface area contributed by atoms with Gasteiger partial charge in [0.2, 0.25) is 0 Å². The van der Waals surface area contributed by atoms with Crippen molar-refractivity contribution < 1.29 is 19.1 Å². The van der Waals surface area contributed by atoms with E-state index in [2.05, 4.69) is 0 Å². The van der Waals surface area contributed by atoms with Gasteiger partial charge in [0.15, 0.2) is 0 Å². The molecule has 0 unspecified atom stereocenters. The Morgan fingerprint density at radius 1 is 0.727 bits per heavy atom. The van der Waals surface area contributed by atoms with Crippen LogP contribution in [-0.4, -0.2) is 24.1 Å². The molecule has 2 heterocycles. The van der Waals surface area contributed by atoms with Crippen molar-refractivity contribution in [3.8, 4) is 0 Å². The first-order valence-corrected chi connectivity index (χ1v) is 8.39. The van der Waals surface area contributed by atoms with E-state index in [1.165, 1.54) is 12.8 Å². The maximum atomic E-state index is 11.4. The average molecular weight is 306 g/mol. The predicted octanol–water partition coefficient (Wildman–Crippen LogP) is 3.85. The summed E-state index contributed by atoms with van der Waals surface area (Å²) in [5.74, 6) is -0.281. The highest BCUT2D eigenvalue weighted by atomic mass is 16.6. The summed E-state index contributed by atoms with van der Waals surface area (Å²) >= 11 is 0. The van der Waals surface area contributed by atoms with Crippen LogP contribution < -0.4 is 0 Å². The SMILES string of the molecule is C[C@@H]1C=C(CCCCCCCCC2=C[C@@H](C)OC2=O)C(=O)O1. The van der Waals surface area contributed by atoms with Crippen molar-refractivity contribution >= 4 is 11.9 Å². The van der Waals surface area contributed by atoms with Crippen molar-refractivity contribution in [1.29, 1.82) is 0 Å². The van der Waals surface area contributed by atoms with Gasteiger partial charge in [-0.25, -0.2) is 9.59 Å². The molecular weight excluding hydrogens is 280 g/mol. The summed E-state index contributed by atoms with van der Waals surface area (Å²) in [4.78, 5) is 22.9. The van der Waals surface area contributed by atoms with E-state index in [-0.39, 0.29) is 24.1 Å². The third-order valence-corrected chi connectivity index (χ3v) is 4.12. The number of ether oxygens (including phenoxy) is 2. The van der Waals surface area contributed by atoms with Gasteiger partial charge in [-0.1, -0.05) is 25.7 Å². The van der Waals surface area contributed by atoms with Crippen LogP contribution in [-0.2, 0) is 19.1 Å². The van der Waals surface area contributed by atoms with Gasteiger partial charge >= 0.3 is 11.9 Å². The van der Waals surface area contributed by atoms with Gasteiger partial charge < -0.3 is 9.47 Å². The Kier molecular flexibility index (Phi) is 6.22. The Bertz CT molecular complexity index is 431. The standard InChI is InChI=1S/C18H26O4/c1-13-11-15(17(19)21-13)9-7-5-3-4-6-8-10-16-12-14(2)22-18(16)20/h11-14H,3-10H2,1-2H3/t13-,14-/m1/s1. The number of cyclic esters (lactones) is 2. The summed E-state index contributed by atoms with van der Waals surface area (Å²) < 4.78 is 10.1. The second-order valence-electron chi connectivity index (χ2n) is 6.23. The fraction of sp³-hybridized carbons (Fsp3) is 0.667. The largest absolute Gasteiger partial charge is 0.455 e. The molecule has 122 valence electrons. The zero-order valence-corrected chi connectivity index (χ0v) is 13.6. The van der Waals surface area contributed by atoms with E-state index in [1.54, 1.807) is 0 Å². The normalized spacial score (nSPS) is 24.1. The summed E-state index contributed by atoms with van der Waals surface area (Å²) in [6, 6.07) is 0. The highest BCUT2D eigenvalue weighted by Crippen LogP contribution is 2.21. The molecule has 0 saturated carbocycles. The monoisotopic (exact) mass is 306 g/mol. The molecule has 0 spiro atoms. The Morgan fingerprint density at radius 2 is 1.09 bits per heavy atom. The lowest BCUT2D eigenvalue weighted by Gasteiger charge is -2.03. The third kappa shape index (κ3) is 5.00. The van der Waals surface area contributed by atoms with E-state index in [1.807, 2.05) is 26.0 Å². The Morgan fingerprint density at radius 3 is 1.41 bits per heavy atom. The molecule has 4 nitrogen and oxygen atoms in total. The van der Waals surface area contributed by atoms with E-state index in [0.717, 1.165) is 49.7 Å². The summed E-state index contributed by atoms with van der Waals surface area (Å²) in [5, 5.41) is 0. The predicted molar refractivity (Wildman–Crippen MR) is 84.2 cm³/mol. The molecule has 0 aromatic rings. The van der Waals surface area contributed by atoms with Crippen LogP contribution in [0.5, 0.6) is 0 Å². The van der Waals surface area contributed by atoms with E-state index in [4.69, 9.17) is 9.47 Å². The first kappa shape index (κ1) is 16.8. The minimum Gasteiger partial charge on any atom is -0.455 e.